The Morgan fingerprint density at radius 3 is 2.68 bits per heavy atom. The number of ether oxygens (including phenoxy) is 1. The maximum Gasteiger partial charge on any atom is 0.326 e. The summed E-state index contributed by atoms with van der Waals surface area (Å²) in [6.45, 7) is 3.42. The van der Waals surface area contributed by atoms with Gasteiger partial charge in [-0.25, -0.2) is 4.79 Å². The molecular formula is C14H15NO4. The molecule has 0 radical (unpaired) electrons. The molecule has 0 aliphatic rings. The maximum atomic E-state index is 11.9. The second kappa shape index (κ2) is 4.76. The molecule has 1 aromatic carbocycles. The third kappa shape index (κ3) is 2.19. The second-order valence-corrected chi connectivity index (χ2v) is 4.46. The summed E-state index contributed by atoms with van der Waals surface area (Å²) >= 11 is 0. The molecule has 5 nitrogen and oxygen atoms in total. The Bertz CT molecular complexity index is 702. The zero-order valence-corrected chi connectivity index (χ0v) is 11.0. The van der Waals surface area contributed by atoms with E-state index in [-0.39, 0.29) is 5.43 Å². The number of pyridine rings is 1. The van der Waals surface area contributed by atoms with Crippen LogP contribution in [0.3, 0.4) is 0 Å². The second-order valence-electron chi connectivity index (χ2n) is 4.46. The molecular weight excluding hydrogens is 246 g/mol. The molecule has 1 atom stereocenters. The van der Waals surface area contributed by atoms with E-state index in [9.17, 15) is 9.59 Å². The van der Waals surface area contributed by atoms with E-state index in [2.05, 4.69) is 0 Å². The summed E-state index contributed by atoms with van der Waals surface area (Å²) in [7, 11) is 1.50. The highest BCUT2D eigenvalue weighted by molar-refractivity contribution is 5.87. The van der Waals surface area contributed by atoms with Crippen LogP contribution < -0.4 is 10.2 Å². The van der Waals surface area contributed by atoms with E-state index < -0.39 is 12.0 Å². The molecule has 2 rings (SSSR count). The Morgan fingerprint density at radius 2 is 2.11 bits per heavy atom. The molecule has 0 aliphatic heterocycles. The summed E-state index contributed by atoms with van der Waals surface area (Å²) in [6.07, 6.45) is 1.49. The van der Waals surface area contributed by atoms with Gasteiger partial charge in [0.25, 0.3) is 0 Å². The maximum absolute atomic E-state index is 11.9. The van der Waals surface area contributed by atoms with Gasteiger partial charge in [-0.1, -0.05) is 0 Å². The first-order valence-corrected chi connectivity index (χ1v) is 5.88. The van der Waals surface area contributed by atoms with Crippen LogP contribution in [0.15, 0.2) is 29.2 Å². The Balaban J connectivity index is 2.91. The van der Waals surface area contributed by atoms with E-state index in [4.69, 9.17) is 9.84 Å². The van der Waals surface area contributed by atoms with Crippen molar-refractivity contribution in [2.45, 2.75) is 19.9 Å². The van der Waals surface area contributed by atoms with Crippen molar-refractivity contribution in [2.75, 3.05) is 7.11 Å². The van der Waals surface area contributed by atoms with Gasteiger partial charge in [0, 0.05) is 17.6 Å². The predicted molar refractivity (Wildman–Crippen MR) is 71.8 cm³/mol. The normalized spacial score (nSPS) is 12.4. The zero-order valence-electron chi connectivity index (χ0n) is 11.0. The van der Waals surface area contributed by atoms with Crippen molar-refractivity contribution >= 4 is 16.9 Å². The van der Waals surface area contributed by atoms with Gasteiger partial charge < -0.3 is 14.4 Å². The van der Waals surface area contributed by atoms with Crippen LogP contribution >= 0.6 is 0 Å². The number of hydrogen-bond acceptors (Lipinski definition) is 3. The zero-order chi connectivity index (χ0) is 14.2. The minimum Gasteiger partial charge on any atom is -0.495 e. The highest BCUT2D eigenvalue weighted by Gasteiger charge is 2.18. The van der Waals surface area contributed by atoms with Gasteiger partial charge >= 0.3 is 5.97 Å². The summed E-state index contributed by atoms with van der Waals surface area (Å²) < 4.78 is 6.82. The number of carboxylic acid groups (broad SMARTS) is 1. The minimum atomic E-state index is -0.965. The topological polar surface area (TPSA) is 68.5 Å². The fraction of sp³-hybridized carbons (Fsp3) is 0.286. The van der Waals surface area contributed by atoms with Gasteiger partial charge in [0.15, 0.2) is 5.43 Å². The number of carbonyl (C=O) groups is 1. The van der Waals surface area contributed by atoms with Crippen LogP contribution in [0, 0.1) is 6.92 Å². The molecule has 0 spiro atoms. The molecule has 2 aromatic rings. The van der Waals surface area contributed by atoms with E-state index in [1.165, 1.54) is 23.9 Å². The number of fused-ring (bicyclic) bond motifs is 1. The van der Waals surface area contributed by atoms with Gasteiger partial charge in [-0.2, -0.15) is 0 Å². The largest absolute Gasteiger partial charge is 0.495 e. The number of aliphatic carboxylic acids is 1. The lowest BCUT2D eigenvalue weighted by atomic mass is 10.1. The van der Waals surface area contributed by atoms with Crippen molar-refractivity contribution in [3.05, 3.63) is 40.2 Å². The average molecular weight is 261 g/mol. The van der Waals surface area contributed by atoms with E-state index >= 15 is 0 Å². The Kier molecular flexibility index (Phi) is 3.29. The quantitative estimate of drug-likeness (QED) is 0.917. The van der Waals surface area contributed by atoms with Crippen LogP contribution in [-0.4, -0.2) is 22.8 Å². The summed E-state index contributed by atoms with van der Waals surface area (Å²) in [6, 6.07) is 4.12. The summed E-state index contributed by atoms with van der Waals surface area (Å²) in [5.41, 5.74) is 1.25. The minimum absolute atomic E-state index is 0.147. The number of carboxylic acids is 1. The highest BCUT2D eigenvalue weighted by atomic mass is 16.5. The van der Waals surface area contributed by atoms with Crippen LogP contribution in [-0.2, 0) is 4.79 Å². The number of hydrogen-bond donors (Lipinski definition) is 1. The van der Waals surface area contributed by atoms with Crippen molar-refractivity contribution in [1.82, 2.24) is 4.57 Å². The van der Waals surface area contributed by atoms with E-state index in [1.54, 1.807) is 19.1 Å². The monoisotopic (exact) mass is 261 g/mol. The molecule has 1 N–H and O–H groups in total. The molecule has 0 saturated carbocycles. The van der Waals surface area contributed by atoms with E-state index in [0.29, 0.717) is 16.7 Å². The molecule has 0 aliphatic carbocycles. The number of nitrogens with zero attached hydrogens (tertiary/aromatic N) is 1. The Hall–Kier alpha value is -2.30. The Morgan fingerprint density at radius 1 is 1.42 bits per heavy atom. The van der Waals surface area contributed by atoms with Crippen LogP contribution in [0.4, 0.5) is 0 Å². The van der Waals surface area contributed by atoms with Crippen molar-refractivity contribution in [1.29, 1.82) is 0 Å². The van der Waals surface area contributed by atoms with Gasteiger partial charge in [-0.3, -0.25) is 4.79 Å². The number of aryl methyl sites for hydroxylation is 1. The van der Waals surface area contributed by atoms with Gasteiger partial charge in [0.05, 0.1) is 12.6 Å². The van der Waals surface area contributed by atoms with E-state index in [1.807, 2.05) is 6.92 Å². The smallest absolute Gasteiger partial charge is 0.326 e. The Labute approximate surface area is 110 Å². The van der Waals surface area contributed by atoms with Crippen LogP contribution in [0.1, 0.15) is 18.5 Å². The van der Waals surface area contributed by atoms with Gasteiger partial charge in [-0.05, 0) is 31.5 Å². The first-order chi connectivity index (χ1) is 8.95. The van der Waals surface area contributed by atoms with Crippen LogP contribution in [0.2, 0.25) is 0 Å². The van der Waals surface area contributed by atoms with Crippen molar-refractivity contribution in [3.63, 3.8) is 0 Å². The van der Waals surface area contributed by atoms with Gasteiger partial charge in [0.1, 0.15) is 11.8 Å². The fourth-order valence-electron chi connectivity index (χ4n) is 2.11. The molecule has 1 heterocycles. The molecule has 1 aromatic heterocycles. The third-order valence-corrected chi connectivity index (χ3v) is 3.12. The molecule has 0 bridgehead atoms. The highest BCUT2D eigenvalue weighted by Crippen LogP contribution is 2.27. The first-order valence-electron chi connectivity index (χ1n) is 5.88. The standard InChI is InChI=1S/C14H15NO4/c1-8-6-10-11(16)4-5-15(9(2)14(17)18)13(10)12(7-8)19-3/h4-7,9H,1-3H3,(H,17,18)/t9-/m0/s1. The SMILES string of the molecule is COc1cc(C)cc2c(=O)ccn([C@@H](C)C(=O)O)c12. The summed E-state index contributed by atoms with van der Waals surface area (Å²) in [5, 5.41) is 9.61. The van der Waals surface area contributed by atoms with Crippen molar-refractivity contribution in [3.8, 4) is 5.75 Å². The number of rotatable bonds is 3. The number of aromatic nitrogens is 1. The molecule has 5 heteroatoms. The molecule has 0 saturated heterocycles. The number of benzene rings is 1. The molecule has 19 heavy (non-hydrogen) atoms. The molecule has 0 unspecified atom stereocenters. The summed E-state index contributed by atoms with van der Waals surface area (Å²) in [4.78, 5) is 23.1. The lowest BCUT2D eigenvalue weighted by Crippen LogP contribution is -2.19. The summed E-state index contributed by atoms with van der Waals surface area (Å²) in [5.74, 6) is -0.464. The third-order valence-electron chi connectivity index (χ3n) is 3.12. The van der Waals surface area contributed by atoms with E-state index in [0.717, 1.165) is 5.56 Å². The lowest BCUT2D eigenvalue weighted by molar-refractivity contribution is -0.140. The van der Waals surface area contributed by atoms with Crippen LogP contribution in [0.25, 0.3) is 10.9 Å². The average Bonchev–Trinajstić information content (AvgIpc) is 2.38. The molecule has 100 valence electrons. The predicted octanol–water partition coefficient (Wildman–Crippen LogP) is 1.96. The fourth-order valence-corrected chi connectivity index (χ4v) is 2.11. The molecule has 0 fully saturated rings. The van der Waals surface area contributed by atoms with Crippen molar-refractivity contribution < 1.29 is 14.6 Å². The molecule has 0 amide bonds. The van der Waals surface area contributed by atoms with Crippen molar-refractivity contribution in [2.24, 2.45) is 0 Å². The first kappa shape index (κ1) is 13.1. The van der Waals surface area contributed by atoms with Crippen LogP contribution in [0.5, 0.6) is 5.75 Å². The van der Waals surface area contributed by atoms with Gasteiger partial charge in [0.2, 0.25) is 0 Å². The number of methoxy groups -OCH3 is 1. The lowest BCUT2D eigenvalue weighted by Gasteiger charge is -2.17. The van der Waals surface area contributed by atoms with Gasteiger partial charge in [-0.15, -0.1) is 0 Å².